The van der Waals surface area contributed by atoms with Gasteiger partial charge in [-0.15, -0.1) is 10.2 Å². The Hall–Kier alpha value is -2.89. The van der Waals surface area contributed by atoms with Crippen LogP contribution in [0.5, 0.6) is 5.75 Å². The lowest BCUT2D eigenvalue weighted by Gasteiger charge is -2.22. The lowest BCUT2D eigenvalue weighted by Crippen LogP contribution is -2.30. The van der Waals surface area contributed by atoms with E-state index in [0.29, 0.717) is 35.8 Å². The van der Waals surface area contributed by atoms with E-state index in [1.54, 1.807) is 18.2 Å². The van der Waals surface area contributed by atoms with Crippen LogP contribution in [-0.2, 0) is 10.0 Å². The Morgan fingerprint density at radius 3 is 2.71 bits per heavy atom. The van der Waals surface area contributed by atoms with E-state index in [0.717, 1.165) is 11.3 Å². The number of benzene rings is 2. The molecule has 0 saturated carbocycles. The van der Waals surface area contributed by atoms with Gasteiger partial charge in [-0.2, -0.15) is 4.31 Å². The van der Waals surface area contributed by atoms with E-state index in [9.17, 15) is 17.6 Å². The van der Waals surface area contributed by atoms with Gasteiger partial charge in [0.25, 0.3) is 5.91 Å². The first-order valence-electron chi connectivity index (χ1n) is 9.45. The maximum absolute atomic E-state index is 13.3. The molecule has 11 heteroatoms. The largest absolute Gasteiger partial charge is 0.497 e. The van der Waals surface area contributed by atoms with E-state index in [4.69, 9.17) is 4.74 Å². The molecule has 0 spiro atoms. The number of anilines is 1. The van der Waals surface area contributed by atoms with Crippen LogP contribution in [0.15, 0.2) is 53.4 Å². The molecule has 2 aromatic carbocycles. The fourth-order valence-electron chi connectivity index (χ4n) is 3.37. The SMILES string of the molecule is COc1ccc(S(=O)(=O)N2CCC[C@H]2c2nnc(C(=O)Nc3cccc(F)c3)s2)cc1. The van der Waals surface area contributed by atoms with Crippen LogP contribution in [-0.4, -0.2) is 42.5 Å². The van der Waals surface area contributed by atoms with Crippen LogP contribution < -0.4 is 10.1 Å². The number of rotatable bonds is 6. The van der Waals surface area contributed by atoms with Gasteiger partial charge < -0.3 is 10.1 Å². The monoisotopic (exact) mass is 462 g/mol. The van der Waals surface area contributed by atoms with Gasteiger partial charge in [-0.25, -0.2) is 12.8 Å². The van der Waals surface area contributed by atoms with E-state index < -0.39 is 27.8 Å². The average molecular weight is 463 g/mol. The Kier molecular flexibility index (Phi) is 5.99. The fraction of sp³-hybridized carbons (Fsp3) is 0.250. The molecule has 1 N–H and O–H groups in total. The molecule has 1 aromatic heterocycles. The van der Waals surface area contributed by atoms with Gasteiger partial charge in [-0.1, -0.05) is 17.4 Å². The van der Waals surface area contributed by atoms with Crippen molar-refractivity contribution in [1.82, 2.24) is 14.5 Å². The van der Waals surface area contributed by atoms with Crippen LogP contribution >= 0.6 is 11.3 Å². The third-order valence-electron chi connectivity index (χ3n) is 4.87. The Morgan fingerprint density at radius 1 is 1.23 bits per heavy atom. The molecule has 31 heavy (non-hydrogen) atoms. The molecule has 4 rings (SSSR count). The molecule has 1 fully saturated rings. The summed E-state index contributed by atoms with van der Waals surface area (Å²) in [6, 6.07) is 11.2. The highest BCUT2D eigenvalue weighted by atomic mass is 32.2. The lowest BCUT2D eigenvalue weighted by atomic mass is 10.2. The molecule has 2 heterocycles. The summed E-state index contributed by atoms with van der Waals surface area (Å²) < 4.78 is 46.1. The number of carbonyl (C=O) groups excluding carboxylic acids is 1. The predicted octanol–water partition coefficient (Wildman–Crippen LogP) is 3.46. The highest BCUT2D eigenvalue weighted by Crippen LogP contribution is 2.38. The molecule has 3 aromatic rings. The molecule has 0 radical (unpaired) electrons. The normalized spacial score (nSPS) is 16.9. The standard InChI is InChI=1S/C20H19FN4O4S2/c1-29-15-7-9-16(10-8-15)31(27,28)25-11-3-6-17(25)19-23-24-20(30-19)18(26)22-14-5-2-4-13(21)12-14/h2,4-5,7-10,12,17H,3,6,11H2,1H3,(H,22,26)/t17-/m0/s1. The summed E-state index contributed by atoms with van der Waals surface area (Å²) in [5.41, 5.74) is 0.298. The molecule has 1 atom stereocenters. The van der Waals surface area contributed by atoms with E-state index in [1.807, 2.05) is 0 Å². The minimum atomic E-state index is -3.75. The quantitative estimate of drug-likeness (QED) is 0.602. The van der Waals surface area contributed by atoms with Crippen LogP contribution in [0.4, 0.5) is 10.1 Å². The van der Waals surface area contributed by atoms with Crippen molar-refractivity contribution in [2.45, 2.75) is 23.8 Å². The van der Waals surface area contributed by atoms with Gasteiger partial charge in [-0.05, 0) is 55.3 Å². The van der Waals surface area contributed by atoms with Crippen molar-refractivity contribution in [3.05, 3.63) is 64.4 Å². The Bertz CT molecular complexity index is 1200. The highest BCUT2D eigenvalue weighted by Gasteiger charge is 2.38. The Balaban J connectivity index is 1.54. The number of amides is 1. The topological polar surface area (TPSA) is 101 Å². The highest BCUT2D eigenvalue weighted by molar-refractivity contribution is 7.89. The van der Waals surface area contributed by atoms with Crippen LogP contribution in [0.3, 0.4) is 0 Å². The number of carbonyl (C=O) groups is 1. The Labute approximate surface area is 182 Å². The van der Waals surface area contributed by atoms with E-state index >= 15 is 0 Å². The van der Waals surface area contributed by atoms with E-state index in [2.05, 4.69) is 15.5 Å². The van der Waals surface area contributed by atoms with Crippen molar-refractivity contribution in [2.75, 3.05) is 19.0 Å². The fourth-order valence-corrected chi connectivity index (χ4v) is 5.98. The second-order valence-corrected chi connectivity index (χ2v) is 9.76. The zero-order valence-corrected chi connectivity index (χ0v) is 18.1. The van der Waals surface area contributed by atoms with Crippen molar-refractivity contribution in [3.8, 4) is 5.75 Å². The van der Waals surface area contributed by atoms with Crippen LogP contribution in [0.25, 0.3) is 0 Å². The van der Waals surface area contributed by atoms with Crippen molar-refractivity contribution in [2.24, 2.45) is 0 Å². The van der Waals surface area contributed by atoms with Gasteiger partial charge in [0.05, 0.1) is 18.0 Å². The number of ether oxygens (including phenoxy) is 1. The first-order chi connectivity index (χ1) is 14.9. The molecule has 0 unspecified atom stereocenters. The van der Waals surface area contributed by atoms with Crippen LogP contribution in [0.1, 0.15) is 33.7 Å². The third kappa shape index (κ3) is 4.43. The summed E-state index contributed by atoms with van der Waals surface area (Å²) in [7, 11) is -2.24. The first-order valence-corrected chi connectivity index (χ1v) is 11.7. The molecular formula is C20H19FN4O4S2. The zero-order chi connectivity index (χ0) is 22.0. The number of sulfonamides is 1. The van der Waals surface area contributed by atoms with E-state index in [1.165, 1.54) is 41.7 Å². The molecule has 8 nitrogen and oxygen atoms in total. The number of hydrogen-bond acceptors (Lipinski definition) is 7. The number of aromatic nitrogens is 2. The molecule has 0 bridgehead atoms. The third-order valence-corrected chi connectivity index (χ3v) is 7.82. The molecule has 162 valence electrons. The molecular weight excluding hydrogens is 443 g/mol. The Morgan fingerprint density at radius 2 is 2.00 bits per heavy atom. The smallest absolute Gasteiger partial charge is 0.286 e. The summed E-state index contributed by atoms with van der Waals surface area (Å²) in [5, 5.41) is 11.1. The number of halogens is 1. The summed E-state index contributed by atoms with van der Waals surface area (Å²) in [5.74, 6) is -0.437. The van der Waals surface area contributed by atoms with Crippen molar-refractivity contribution in [3.63, 3.8) is 0 Å². The van der Waals surface area contributed by atoms with Gasteiger partial charge in [0.15, 0.2) is 0 Å². The minimum Gasteiger partial charge on any atom is -0.497 e. The summed E-state index contributed by atoms with van der Waals surface area (Å²) >= 11 is 1.03. The maximum atomic E-state index is 13.3. The van der Waals surface area contributed by atoms with Crippen molar-refractivity contribution in [1.29, 1.82) is 0 Å². The zero-order valence-electron chi connectivity index (χ0n) is 16.5. The maximum Gasteiger partial charge on any atom is 0.286 e. The summed E-state index contributed by atoms with van der Waals surface area (Å²) in [6.45, 7) is 0.351. The average Bonchev–Trinajstić information content (AvgIpc) is 3.43. The van der Waals surface area contributed by atoms with Crippen molar-refractivity contribution < 1.29 is 22.3 Å². The molecule has 0 aliphatic carbocycles. The summed E-state index contributed by atoms with van der Waals surface area (Å²) in [6.07, 6.45) is 1.25. The van der Waals surface area contributed by atoms with E-state index in [-0.39, 0.29) is 9.90 Å². The summed E-state index contributed by atoms with van der Waals surface area (Å²) in [4.78, 5) is 12.6. The molecule has 1 saturated heterocycles. The number of nitrogens with zero attached hydrogens (tertiary/aromatic N) is 3. The second-order valence-electron chi connectivity index (χ2n) is 6.86. The number of hydrogen-bond donors (Lipinski definition) is 1. The van der Waals surface area contributed by atoms with Crippen LogP contribution in [0.2, 0.25) is 0 Å². The van der Waals surface area contributed by atoms with Gasteiger partial charge in [-0.3, -0.25) is 4.79 Å². The number of methoxy groups -OCH3 is 1. The minimum absolute atomic E-state index is 0.0768. The van der Waals surface area contributed by atoms with Crippen LogP contribution in [0, 0.1) is 5.82 Å². The lowest BCUT2D eigenvalue weighted by molar-refractivity contribution is 0.102. The molecule has 1 amide bonds. The van der Waals surface area contributed by atoms with Gasteiger partial charge >= 0.3 is 0 Å². The predicted molar refractivity (Wildman–Crippen MR) is 113 cm³/mol. The van der Waals surface area contributed by atoms with Crippen molar-refractivity contribution >= 4 is 33.0 Å². The van der Waals surface area contributed by atoms with Gasteiger partial charge in [0, 0.05) is 12.2 Å². The second kappa shape index (κ2) is 8.69. The molecule has 1 aliphatic rings. The number of nitrogens with one attached hydrogen (secondary N) is 1. The molecule has 1 aliphatic heterocycles. The first kappa shape index (κ1) is 21.3. The van der Waals surface area contributed by atoms with Gasteiger partial charge in [0.2, 0.25) is 15.0 Å². The van der Waals surface area contributed by atoms with Gasteiger partial charge in [0.1, 0.15) is 16.6 Å².